The molecule has 0 spiro atoms. The molecule has 2 aromatic rings. The lowest BCUT2D eigenvalue weighted by Crippen LogP contribution is -2.26. The van der Waals surface area contributed by atoms with Gasteiger partial charge in [-0.05, 0) is 38.5 Å². The number of aromatic nitrogens is 2. The molecule has 3 N–H and O–H groups in total. The second-order valence-electron chi connectivity index (χ2n) is 4.71. The lowest BCUT2D eigenvalue weighted by atomic mass is 10.0. The molecule has 0 radical (unpaired) electrons. The minimum absolute atomic E-state index is 0.0289. The summed E-state index contributed by atoms with van der Waals surface area (Å²) in [6, 6.07) is 4.76. The van der Waals surface area contributed by atoms with Crippen LogP contribution in [0.15, 0.2) is 22.7 Å². The van der Waals surface area contributed by atoms with Gasteiger partial charge < -0.3 is 20.1 Å². The number of nitrogen functional groups attached to an aromatic ring is 1. The molecule has 108 valence electrons. The Kier molecular flexibility index (Phi) is 3.94. The molecule has 0 amide bonds. The van der Waals surface area contributed by atoms with E-state index in [9.17, 15) is 5.11 Å². The molecule has 0 saturated carbocycles. The molecule has 1 atom stereocenters. The monoisotopic (exact) mass is 277 g/mol. The smallest absolute Gasteiger partial charge is 0.258 e. The highest BCUT2D eigenvalue weighted by molar-refractivity contribution is 5.64. The van der Waals surface area contributed by atoms with Gasteiger partial charge in [-0.15, -0.1) is 0 Å². The van der Waals surface area contributed by atoms with Gasteiger partial charge in [0.15, 0.2) is 0 Å². The molecule has 1 unspecified atom stereocenters. The van der Waals surface area contributed by atoms with Gasteiger partial charge in [0.05, 0.1) is 5.69 Å². The Hall–Kier alpha value is -2.08. The summed E-state index contributed by atoms with van der Waals surface area (Å²) in [6.07, 6.45) is 0.734. The number of benzene rings is 1. The number of aromatic hydroxyl groups is 1. The zero-order valence-corrected chi connectivity index (χ0v) is 11.9. The molecule has 0 aliphatic heterocycles. The Bertz CT molecular complexity index is 597. The van der Waals surface area contributed by atoms with Crippen molar-refractivity contribution in [3.63, 3.8) is 0 Å². The predicted molar refractivity (Wildman–Crippen MR) is 75.1 cm³/mol. The first-order valence-corrected chi connectivity index (χ1v) is 6.57. The standard InChI is InChI=1S/C14H19N3O3/c1-4-14(3,19-5-2)13-16-12(20-17-13)9-6-7-11(18)10(15)8-9/h6-8,18H,4-5,15H2,1-3H3. The van der Waals surface area contributed by atoms with Crippen LogP contribution in [0.4, 0.5) is 5.69 Å². The van der Waals surface area contributed by atoms with Crippen LogP contribution in [0.25, 0.3) is 11.5 Å². The molecular formula is C14H19N3O3. The summed E-state index contributed by atoms with van der Waals surface area (Å²) in [5.74, 6) is 0.885. The first-order valence-electron chi connectivity index (χ1n) is 6.57. The Morgan fingerprint density at radius 1 is 1.40 bits per heavy atom. The first-order chi connectivity index (χ1) is 9.50. The molecule has 1 heterocycles. The van der Waals surface area contributed by atoms with Crippen LogP contribution in [-0.4, -0.2) is 21.9 Å². The van der Waals surface area contributed by atoms with Crippen LogP contribution < -0.4 is 5.73 Å². The summed E-state index contributed by atoms with van der Waals surface area (Å²) >= 11 is 0. The van der Waals surface area contributed by atoms with Crippen molar-refractivity contribution in [2.45, 2.75) is 32.8 Å². The van der Waals surface area contributed by atoms with Crippen LogP contribution in [0.5, 0.6) is 5.75 Å². The normalized spacial score (nSPS) is 14.2. The molecule has 20 heavy (non-hydrogen) atoms. The highest BCUT2D eigenvalue weighted by Gasteiger charge is 2.31. The molecule has 1 aromatic heterocycles. The van der Waals surface area contributed by atoms with Crippen molar-refractivity contribution in [1.82, 2.24) is 10.1 Å². The number of hydrogen-bond acceptors (Lipinski definition) is 6. The fourth-order valence-corrected chi connectivity index (χ4v) is 1.89. The molecule has 0 saturated heterocycles. The van der Waals surface area contributed by atoms with Crippen LogP contribution in [0.3, 0.4) is 0 Å². The Morgan fingerprint density at radius 3 is 2.75 bits per heavy atom. The minimum Gasteiger partial charge on any atom is -0.506 e. The quantitative estimate of drug-likeness (QED) is 0.644. The Balaban J connectivity index is 2.34. The van der Waals surface area contributed by atoms with E-state index in [1.807, 2.05) is 20.8 Å². The Morgan fingerprint density at radius 2 is 2.15 bits per heavy atom. The third kappa shape index (κ3) is 2.60. The Labute approximate surface area is 117 Å². The summed E-state index contributed by atoms with van der Waals surface area (Å²) in [7, 11) is 0. The van der Waals surface area contributed by atoms with Gasteiger partial charge in [-0.3, -0.25) is 0 Å². The SMILES string of the molecule is CCOC(C)(CC)c1noc(-c2ccc(O)c(N)c2)n1. The van der Waals surface area contributed by atoms with E-state index < -0.39 is 5.60 Å². The number of anilines is 1. The number of nitrogens with zero attached hydrogens (tertiary/aromatic N) is 2. The highest BCUT2D eigenvalue weighted by atomic mass is 16.5. The van der Waals surface area contributed by atoms with Crippen LogP contribution >= 0.6 is 0 Å². The van der Waals surface area contributed by atoms with Crippen molar-refractivity contribution in [2.24, 2.45) is 0 Å². The molecule has 2 rings (SSSR count). The topological polar surface area (TPSA) is 94.4 Å². The molecular weight excluding hydrogens is 258 g/mol. The van der Waals surface area contributed by atoms with Crippen LogP contribution in [0, 0.1) is 0 Å². The van der Waals surface area contributed by atoms with Gasteiger partial charge in [0, 0.05) is 12.2 Å². The highest BCUT2D eigenvalue weighted by Crippen LogP contribution is 2.30. The van der Waals surface area contributed by atoms with Gasteiger partial charge in [-0.2, -0.15) is 4.98 Å². The molecule has 1 aromatic carbocycles. The fraction of sp³-hybridized carbons (Fsp3) is 0.429. The molecule has 6 nitrogen and oxygen atoms in total. The lowest BCUT2D eigenvalue weighted by molar-refractivity contribution is -0.0403. The third-order valence-electron chi connectivity index (χ3n) is 3.31. The van der Waals surface area contributed by atoms with E-state index in [4.69, 9.17) is 15.0 Å². The number of phenolic OH excluding ortho intramolecular Hbond substituents is 1. The maximum absolute atomic E-state index is 9.42. The predicted octanol–water partition coefficient (Wildman–Crippen LogP) is 2.69. The van der Waals surface area contributed by atoms with E-state index in [2.05, 4.69) is 10.1 Å². The van der Waals surface area contributed by atoms with Crippen LogP contribution in [0.2, 0.25) is 0 Å². The maximum Gasteiger partial charge on any atom is 0.258 e. The third-order valence-corrected chi connectivity index (χ3v) is 3.31. The van der Waals surface area contributed by atoms with Crippen LogP contribution in [0.1, 0.15) is 33.0 Å². The zero-order chi connectivity index (χ0) is 14.8. The van der Waals surface area contributed by atoms with Gasteiger partial charge in [-0.25, -0.2) is 0 Å². The molecule has 0 bridgehead atoms. The molecule has 6 heteroatoms. The van der Waals surface area contributed by atoms with E-state index in [0.717, 1.165) is 6.42 Å². The minimum atomic E-state index is -0.570. The van der Waals surface area contributed by atoms with Crippen molar-refractivity contribution in [2.75, 3.05) is 12.3 Å². The van der Waals surface area contributed by atoms with Crippen molar-refractivity contribution in [3.8, 4) is 17.2 Å². The molecule has 0 aliphatic carbocycles. The number of nitrogens with two attached hydrogens (primary N) is 1. The van der Waals surface area contributed by atoms with E-state index in [-0.39, 0.29) is 11.4 Å². The van der Waals surface area contributed by atoms with Gasteiger partial charge in [0.1, 0.15) is 11.4 Å². The van der Waals surface area contributed by atoms with E-state index in [0.29, 0.717) is 23.9 Å². The van der Waals surface area contributed by atoms with Gasteiger partial charge in [0.25, 0.3) is 5.89 Å². The van der Waals surface area contributed by atoms with E-state index in [1.54, 1.807) is 12.1 Å². The van der Waals surface area contributed by atoms with Crippen LogP contribution in [-0.2, 0) is 10.3 Å². The fourth-order valence-electron chi connectivity index (χ4n) is 1.89. The number of ether oxygens (including phenoxy) is 1. The molecule has 0 fully saturated rings. The largest absolute Gasteiger partial charge is 0.506 e. The number of phenols is 1. The van der Waals surface area contributed by atoms with Gasteiger partial charge in [0.2, 0.25) is 5.82 Å². The van der Waals surface area contributed by atoms with Crippen molar-refractivity contribution >= 4 is 5.69 Å². The second kappa shape index (κ2) is 5.50. The van der Waals surface area contributed by atoms with E-state index >= 15 is 0 Å². The van der Waals surface area contributed by atoms with Crippen molar-refractivity contribution < 1.29 is 14.4 Å². The molecule has 0 aliphatic rings. The van der Waals surface area contributed by atoms with E-state index in [1.165, 1.54) is 6.07 Å². The summed E-state index contributed by atoms with van der Waals surface area (Å²) in [6.45, 7) is 6.43. The maximum atomic E-state index is 9.42. The number of rotatable bonds is 5. The summed E-state index contributed by atoms with van der Waals surface area (Å²) in [5.41, 5.74) is 6.02. The summed E-state index contributed by atoms with van der Waals surface area (Å²) in [4.78, 5) is 4.37. The second-order valence-corrected chi connectivity index (χ2v) is 4.71. The average Bonchev–Trinajstić information content (AvgIpc) is 2.92. The summed E-state index contributed by atoms with van der Waals surface area (Å²) < 4.78 is 11.0. The lowest BCUT2D eigenvalue weighted by Gasteiger charge is -2.23. The average molecular weight is 277 g/mol. The first kappa shape index (κ1) is 14.3. The van der Waals surface area contributed by atoms with Gasteiger partial charge >= 0.3 is 0 Å². The summed E-state index contributed by atoms with van der Waals surface area (Å²) in [5, 5.41) is 13.4. The van der Waals surface area contributed by atoms with Crippen molar-refractivity contribution in [1.29, 1.82) is 0 Å². The van der Waals surface area contributed by atoms with Gasteiger partial charge in [-0.1, -0.05) is 12.1 Å². The number of hydrogen-bond donors (Lipinski definition) is 2. The van der Waals surface area contributed by atoms with Crippen molar-refractivity contribution in [3.05, 3.63) is 24.0 Å². The zero-order valence-electron chi connectivity index (χ0n) is 11.9.